The SMILES string of the molecule is COc1ccc(-c2nnc(NS(=O)(=O)c3cc([N+](=O)[O-])ccc3C)s2)cc1. The second-order valence-corrected chi connectivity index (χ2v) is 8.08. The number of hydrogen-bond acceptors (Lipinski definition) is 8. The highest BCUT2D eigenvalue weighted by Crippen LogP contribution is 2.30. The van der Waals surface area contributed by atoms with Gasteiger partial charge < -0.3 is 4.74 Å². The van der Waals surface area contributed by atoms with Crippen LogP contribution in [-0.2, 0) is 10.0 Å². The van der Waals surface area contributed by atoms with E-state index < -0.39 is 14.9 Å². The molecule has 0 unspecified atom stereocenters. The molecular formula is C16H14N4O5S2. The van der Waals surface area contributed by atoms with Crippen molar-refractivity contribution >= 4 is 32.2 Å². The minimum absolute atomic E-state index is 0.0618. The molecule has 0 saturated heterocycles. The van der Waals surface area contributed by atoms with Crippen LogP contribution in [0.25, 0.3) is 10.6 Å². The number of anilines is 1. The summed E-state index contributed by atoms with van der Waals surface area (Å²) >= 11 is 1.05. The van der Waals surface area contributed by atoms with Crippen LogP contribution in [0.15, 0.2) is 47.4 Å². The highest BCUT2D eigenvalue weighted by atomic mass is 32.2. The first-order valence-electron chi connectivity index (χ1n) is 7.56. The molecule has 0 aliphatic carbocycles. The number of rotatable bonds is 6. The van der Waals surface area contributed by atoms with Crippen LogP contribution in [-0.4, -0.2) is 30.6 Å². The first-order chi connectivity index (χ1) is 12.8. The largest absolute Gasteiger partial charge is 0.497 e. The summed E-state index contributed by atoms with van der Waals surface area (Å²) in [5.41, 5.74) is 0.829. The third kappa shape index (κ3) is 4.04. The molecule has 0 aliphatic rings. The lowest BCUT2D eigenvalue weighted by atomic mass is 10.2. The van der Waals surface area contributed by atoms with Gasteiger partial charge >= 0.3 is 0 Å². The van der Waals surface area contributed by atoms with E-state index in [4.69, 9.17) is 4.74 Å². The van der Waals surface area contributed by atoms with Gasteiger partial charge in [0, 0.05) is 17.7 Å². The second kappa shape index (κ2) is 7.29. The summed E-state index contributed by atoms with van der Waals surface area (Å²) in [5.74, 6) is 0.685. The van der Waals surface area contributed by atoms with E-state index in [-0.39, 0.29) is 15.7 Å². The van der Waals surface area contributed by atoms with Crippen molar-refractivity contribution in [3.63, 3.8) is 0 Å². The van der Waals surface area contributed by atoms with Gasteiger partial charge in [-0.05, 0) is 36.8 Å². The summed E-state index contributed by atoms with van der Waals surface area (Å²) in [6.45, 7) is 1.56. The first-order valence-corrected chi connectivity index (χ1v) is 9.86. The minimum atomic E-state index is -4.05. The number of nitro groups is 1. The van der Waals surface area contributed by atoms with Gasteiger partial charge in [-0.1, -0.05) is 17.4 Å². The molecule has 0 atom stereocenters. The molecule has 2 aromatic carbocycles. The van der Waals surface area contributed by atoms with Gasteiger partial charge in [-0.2, -0.15) is 0 Å². The quantitative estimate of drug-likeness (QED) is 0.492. The Hall–Kier alpha value is -3.05. The van der Waals surface area contributed by atoms with Gasteiger partial charge in [0.25, 0.3) is 15.7 Å². The van der Waals surface area contributed by atoms with Crippen molar-refractivity contribution in [3.05, 3.63) is 58.1 Å². The minimum Gasteiger partial charge on any atom is -0.497 e. The Kier molecular flexibility index (Phi) is 5.06. The van der Waals surface area contributed by atoms with Crippen molar-refractivity contribution in [2.24, 2.45) is 0 Å². The fourth-order valence-corrected chi connectivity index (χ4v) is 4.52. The molecule has 0 amide bonds. The number of methoxy groups -OCH3 is 1. The molecule has 11 heteroatoms. The monoisotopic (exact) mass is 406 g/mol. The van der Waals surface area contributed by atoms with Gasteiger partial charge in [0.05, 0.1) is 16.9 Å². The number of aromatic nitrogens is 2. The number of aryl methyl sites for hydroxylation is 1. The second-order valence-electron chi connectivity index (χ2n) is 5.45. The zero-order valence-corrected chi connectivity index (χ0v) is 15.9. The molecule has 1 aromatic heterocycles. The summed E-state index contributed by atoms with van der Waals surface area (Å²) in [6.07, 6.45) is 0. The summed E-state index contributed by atoms with van der Waals surface area (Å²) in [5, 5.41) is 19.3. The van der Waals surface area contributed by atoms with Crippen LogP contribution < -0.4 is 9.46 Å². The molecule has 3 rings (SSSR count). The van der Waals surface area contributed by atoms with Gasteiger partial charge in [-0.3, -0.25) is 14.8 Å². The molecule has 1 N–H and O–H groups in total. The van der Waals surface area contributed by atoms with Crippen molar-refractivity contribution < 1.29 is 18.1 Å². The molecule has 9 nitrogen and oxygen atoms in total. The topological polar surface area (TPSA) is 124 Å². The van der Waals surface area contributed by atoms with Gasteiger partial charge in [-0.15, -0.1) is 10.2 Å². The van der Waals surface area contributed by atoms with E-state index in [1.807, 2.05) is 0 Å². The van der Waals surface area contributed by atoms with E-state index >= 15 is 0 Å². The summed E-state index contributed by atoms with van der Waals surface area (Å²) in [7, 11) is -2.49. The molecule has 0 radical (unpaired) electrons. The number of sulfonamides is 1. The lowest BCUT2D eigenvalue weighted by molar-refractivity contribution is -0.385. The fourth-order valence-electron chi connectivity index (χ4n) is 2.28. The van der Waals surface area contributed by atoms with Crippen molar-refractivity contribution in [1.82, 2.24) is 10.2 Å². The van der Waals surface area contributed by atoms with Crippen molar-refractivity contribution in [1.29, 1.82) is 0 Å². The lowest BCUT2D eigenvalue weighted by Gasteiger charge is -2.07. The Morgan fingerprint density at radius 2 is 1.85 bits per heavy atom. The summed E-state index contributed by atoms with van der Waals surface area (Å²) < 4.78 is 32.6. The number of non-ortho nitro benzene ring substituents is 1. The Bertz CT molecular complexity index is 1090. The summed E-state index contributed by atoms with van der Waals surface area (Å²) in [6, 6.07) is 10.7. The molecule has 0 saturated carbocycles. The van der Waals surface area contributed by atoms with Gasteiger partial charge in [0.1, 0.15) is 10.8 Å². The maximum Gasteiger partial charge on any atom is 0.270 e. The normalized spacial score (nSPS) is 11.2. The third-order valence-corrected chi connectivity index (χ3v) is 6.15. The number of nitro benzene ring substituents is 1. The first kappa shape index (κ1) is 18.7. The van der Waals surface area contributed by atoms with E-state index in [1.165, 1.54) is 12.1 Å². The van der Waals surface area contributed by atoms with Crippen molar-refractivity contribution in [2.45, 2.75) is 11.8 Å². The van der Waals surface area contributed by atoms with Crippen LogP contribution in [0.5, 0.6) is 5.75 Å². The molecule has 0 spiro atoms. The average molecular weight is 406 g/mol. The van der Waals surface area contributed by atoms with Crippen LogP contribution in [0.4, 0.5) is 10.8 Å². The maximum absolute atomic E-state index is 12.6. The molecule has 1 heterocycles. The van der Waals surface area contributed by atoms with Gasteiger partial charge in [0.2, 0.25) is 5.13 Å². The average Bonchev–Trinajstić information content (AvgIpc) is 3.09. The number of nitrogens with one attached hydrogen (secondary N) is 1. The highest BCUT2D eigenvalue weighted by molar-refractivity contribution is 7.93. The van der Waals surface area contributed by atoms with E-state index in [0.29, 0.717) is 16.3 Å². The highest BCUT2D eigenvalue weighted by Gasteiger charge is 2.22. The predicted molar refractivity (Wildman–Crippen MR) is 101 cm³/mol. The fraction of sp³-hybridized carbons (Fsp3) is 0.125. The van der Waals surface area contributed by atoms with Crippen LogP contribution in [0.2, 0.25) is 0 Å². The molecule has 0 fully saturated rings. The zero-order valence-electron chi connectivity index (χ0n) is 14.2. The Morgan fingerprint density at radius 1 is 1.15 bits per heavy atom. The Morgan fingerprint density at radius 3 is 2.48 bits per heavy atom. The predicted octanol–water partition coefficient (Wildman–Crippen LogP) is 3.23. The molecular weight excluding hydrogens is 392 g/mol. The number of ether oxygens (including phenoxy) is 1. The summed E-state index contributed by atoms with van der Waals surface area (Å²) in [4.78, 5) is 10.1. The standard InChI is InChI=1S/C16H14N4O5S2/c1-10-3-6-12(20(21)22)9-14(10)27(23,24)19-16-18-17-15(26-16)11-4-7-13(25-2)8-5-11/h3-9H,1-2H3,(H,18,19). The Balaban J connectivity index is 1.88. The van der Waals surface area contributed by atoms with E-state index in [9.17, 15) is 18.5 Å². The van der Waals surface area contributed by atoms with Gasteiger partial charge in [0.15, 0.2) is 0 Å². The molecule has 140 valence electrons. The molecule has 3 aromatic rings. The molecule has 0 bridgehead atoms. The number of hydrogen-bond donors (Lipinski definition) is 1. The van der Waals surface area contributed by atoms with E-state index in [1.54, 1.807) is 38.3 Å². The molecule has 0 aliphatic heterocycles. The lowest BCUT2D eigenvalue weighted by Crippen LogP contribution is -2.14. The van der Waals surface area contributed by atoms with Crippen molar-refractivity contribution in [2.75, 3.05) is 11.8 Å². The van der Waals surface area contributed by atoms with Crippen LogP contribution in [0.3, 0.4) is 0 Å². The van der Waals surface area contributed by atoms with E-state index in [2.05, 4.69) is 14.9 Å². The van der Waals surface area contributed by atoms with Gasteiger partial charge in [-0.25, -0.2) is 8.42 Å². The number of benzene rings is 2. The van der Waals surface area contributed by atoms with E-state index in [0.717, 1.165) is 23.0 Å². The van der Waals surface area contributed by atoms with Crippen LogP contribution >= 0.6 is 11.3 Å². The molecule has 27 heavy (non-hydrogen) atoms. The van der Waals surface area contributed by atoms with Crippen molar-refractivity contribution in [3.8, 4) is 16.3 Å². The Labute approximate surface area is 158 Å². The maximum atomic E-state index is 12.6. The smallest absolute Gasteiger partial charge is 0.270 e. The number of nitrogens with zero attached hydrogens (tertiary/aromatic N) is 3. The van der Waals surface area contributed by atoms with Crippen LogP contribution in [0.1, 0.15) is 5.56 Å². The zero-order chi connectivity index (χ0) is 19.6. The van der Waals surface area contributed by atoms with Crippen LogP contribution in [0, 0.1) is 17.0 Å². The third-order valence-electron chi connectivity index (χ3n) is 3.66.